The van der Waals surface area contributed by atoms with Gasteiger partial charge in [0.05, 0.1) is 13.0 Å². The molecule has 0 saturated carbocycles. The van der Waals surface area contributed by atoms with Crippen molar-refractivity contribution in [2.24, 2.45) is 5.92 Å². The molecule has 0 bridgehead atoms. The third kappa shape index (κ3) is 4.52. The molecule has 1 saturated heterocycles. The number of hydrogen-bond donors (Lipinski definition) is 1. The standard InChI is InChI=1S/C9H16O3S/c10-9(3-6-13)12-7-8-1-4-11-5-2-8/h8,13H,1-7H2. The highest BCUT2D eigenvalue weighted by molar-refractivity contribution is 7.80. The summed E-state index contributed by atoms with van der Waals surface area (Å²) in [5.41, 5.74) is 0. The lowest BCUT2D eigenvalue weighted by Crippen LogP contribution is -2.21. The summed E-state index contributed by atoms with van der Waals surface area (Å²) in [4.78, 5) is 11.0. The second-order valence-electron chi connectivity index (χ2n) is 3.21. The van der Waals surface area contributed by atoms with Crippen LogP contribution in [0.5, 0.6) is 0 Å². The second kappa shape index (κ2) is 6.27. The highest BCUT2D eigenvalue weighted by Crippen LogP contribution is 2.14. The molecule has 76 valence electrons. The molecule has 0 spiro atoms. The van der Waals surface area contributed by atoms with Crippen molar-refractivity contribution in [2.75, 3.05) is 25.6 Å². The van der Waals surface area contributed by atoms with Crippen LogP contribution < -0.4 is 0 Å². The van der Waals surface area contributed by atoms with Gasteiger partial charge in [-0.2, -0.15) is 12.6 Å². The third-order valence-corrected chi connectivity index (χ3v) is 2.36. The molecule has 0 amide bonds. The minimum Gasteiger partial charge on any atom is -0.465 e. The predicted molar refractivity (Wildman–Crippen MR) is 53.0 cm³/mol. The molecule has 1 fully saturated rings. The Labute approximate surface area is 84.2 Å². The first-order chi connectivity index (χ1) is 6.33. The molecule has 0 atom stereocenters. The van der Waals surface area contributed by atoms with E-state index in [0.29, 0.717) is 24.7 Å². The van der Waals surface area contributed by atoms with E-state index in [1.54, 1.807) is 0 Å². The molecule has 0 aromatic heterocycles. The zero-order chi connectivity index (χ0) is 9.52. The molecule has 3 nitrogen and oxygen atoms in total. The van der Waals surface area contributed by atoms with Gasteiger partial charge in [0.2, 0.25) is 0 Å². The van der Waals surface area contributed by atoms with Crippen molar-refractivity contribution in [3.8, 4) is 0 Å². The Hall–Kier alpha value is -0.220. The van der Waals surface area contributed by atoms with E-state index in [1.165, 1.54) is 0 Å². The van der Waals surface area contributed by atoms with Gasteiger partial charge in [-0.25, -0.2) is 0 Å². The van der Waals surface area contributed by atoms with E-state index in [0.717, 1.165) is 26.1 Å². The summed E-state index contributed by atoms with van der Waals surface area (Å²) in [5.74, 6) is 0.922. The summed E-state index contributed by atoms with van der Waals surface area (Å²) in [5, 5.41) is 0. The molecule has 1 rings (SSSR count). The average molecular weight is 204 g/mol. The third-order valence-electron chi connectivity index (χ3n) is 2.14. The van der Waals surface area contributed by atoms with E-state index in [-0.39, 0.29) is 5.97 Å². The number of carbonyl (C=O) groups is 1. The van der Waals surface area contributed by atoms with Gasteiger partial charge in [0.25, 0.3) is 0 Å². The summed E-state index contributed by atoms with van der Waals surface area (Å²) in [7, 11) is 0. The highest BCUT2D eigenvalue weighted by Gasteiger charge is 2.15. The summed E-state index contributed by atoms with van der Waals surface area (Å²) in [6.07, 6.45) is 2.43. The number of carbonyl (C=O) groups excluding carboxylic acids is 1. The molecular formula is C9H16O3S. The molecule has 1 aliphatic rings. The molecule has 13 heavy (non-hydrogen) atoms. The van der Waals surface area contributed by atoms with E-state index in [2.05, 4.69) is 12.6 Å². The van der Waals surface area contributed by atoms with Crippen LogP contribution in [0.1, 0.15) is 19.3 Å². The summed E-state index contributed by atoms with van der Waals surface area (Å²) >= 11 is 3.96. The fraction of sp³-hybridized carbons (Fsp3) is 0.889. The van der Waals surface area contributed by atoms with Gasteiger partial charge in [0, 0.05) is 19.0 Å². The van der Waals surface area contributed by atoms with Gasteiger partial charge in [-0.15, -0.1) is 0 Å². The zero-order valence-corrected chi connectivity index (χ0v) is 8.59. The van der Waals surface area contributed by atoms with Gasteiger partial charge in [0.15, 0.2) is 0 Å². The maximum atomic E-state index is 11.0. The van der Waals surface area contributed by atoms with E-state index >= 15 is 0 Å². The SMILES string of the molecule is O=C(CCS)OCC1CCOCC1. The van der Waals surface area contributed by atoms with Crippen molar-refractivity contribution >= 4 is 18.6 Å². The second-order valence-corrected chi connectivity index (χ2v) is 3.66. The van der Waals surface area contributed by atoms with Crippen LogP contribution in [-0.2, 0) is 14.3 Å². The van der Waals surface area contributed by atoms with Gasteiger partial charge in [-0.3, -0.25) is 4.79 Å². The molecule has 0 radical (unpaired) electrons. The van der Waals surface area contributed by atoms with Gasteiger partial charge >= 0.3 is 5.97 Å². The highest BCUT2D eigenvalue weighted by atomic mass is 32.1. The number of rotatable bonds is 4. The molecule has 0 aromatic rings. The number of hydrogen-bond acceptors (Lipinski definition) is 4. The first-order valence-corrected chi connectivity index (χ1v) is 5.30. The Morgan fingerprint density at radius 1 is 1.46 bits per heavy atom. The lowest BCUT2D eigenvalue weighted by atomic mass is 10.0. The van der Waals surface area contributed by atoms with E-state index in [4.69, 9.17) is 9.47 Å². The zero-order valence-electron chi connectivity index (χ0n) is 7.70. The Bertz CT molecular complexity index is 155. The summed E-state index contributed by atoms with van der Waals surface area (Å²) < 4.78 is 10.3. The Kier molecular flexibility index (Phi) is 5.23. The van der Waals surface area contributed by atoms with E-state index in [1.807, 2.05) is 0 Å². The minimum atomic E-state index is -0.138. The van der Waals surface area contributed by atoms with Gasteiger partial charge in [0.1, 0.15) is 0 Å². The minimum absolute atomic E-state index is 0.138. The Morgan fingerprint density at radius 2 is 2.15 bits per heavy atom. The van der Waals surface area contributed by atoms with Gasteiger partial charge in [-0.1, -0.05) is 0 Å². The van der Waals surface area contributed by atoms with Crippen molar-refractivity contribution in [1.29, 1.82) is 0 Å². The summed E-state index contributed by atoms with van der Waals surface area (Å²) in [6, 6.07) is 0. The van der Waals surface area contributed by atoms with E-state index in [9.17, 15) is 4.79 Å². The maximum Gasteiger partial charge on any atom is 0.306 e. The predicted octanol–water partition coefficient (Wildman–Crippen LogP) is 1.28. The monoisotopic (exact) mass is 204 g/mol. The first kappa shape index (κ1) is 10.9. The molecule has 1 aliphatic heterocycles. The van der Waals surface area contributed by atoms with Crippen molar-refractivity contribution in [1.82, 2.24) is 0 Å². The number of esters is 1. The van der Waals surface area contributed by atoms with Crippen LogP contribution in [0.15, 0.2) is 0 Å². The maximum absolute atomic E-state index is 11.0. The topological polar surface area (TPSA) is 35.5 Å². The fourth-order valence-electron chi connectivity index (χ4n) is 1.29. The van der Waals surface area contributed by atoms with E-state index < -0.39 is 0 Å². The largest absolute Gasteiger partial charge is 0.465 e. The smallest absolute Gasteiger partial charge is 0.306 e. The number of ether oxygens (including phenoxy) is 2. The fourth-order valence-corrected chi connectivity index (χ4v) is 1.47. The van der Waals surface area contributed by atoms with Crippen LogP contribution >= 0.6 is 12.6 Å². The van der Waals surface area contributed by atoms with Crippen LogP contribution in [0.2, 0.25) is 0 Å². The molecule has 0 aliphatic carbocycles. The van der Waals surface area contributed by atoms with Gasteiger partial charge < -0.3 is 9.47 Å². The summed E-state index contributed by atoms with van der Waals surface area (Å²) in [6.45, 7) is 2.15. The number of thiol groups is 1. The molecule has 1 heterocycles. The molecular weight excluding hydrogens is 188 g/mol. The Morgan fingerprint density at radius 3 is 2.77 bits per heavy atom. The van der Waals surface area contributed by atoms with Crippen molar-refractivity contribution < 1.29 is 14.3 Å². The molecule has 0 aromatic carbocycles. The molecule has 4 heteroatoms. The van der Waals surface area contributed by atoms with Crippen LogP contribution in [0.3, 0.4) is 0 Å². The lowest BCUT2D eigenvalue weighted by molar-refractivity contribution is -0.145. The quantitative estimate of drug-likeness (QED) is 0.553. The van der Waals surface area contributed by atoms with Crippen LogP contribution in [0.25, 0.3) is 0 Å². The normalized spacial score (nSPS) is 18.5. The first-order valence-electron chi connectivity index (χ1n) is 4.67. The van der Waals surface area contributed by atoms with Crippen LogP contribution in [-0.4, -0.2) is 31.5 Å². The van der Waals surface area contributed by atoms with Crippen molar-refractivity contribution in [2.45, 2.75) is 19.3 Å². The lowest BCUT2D eigenvalue weighted by Gasteiger charge is -2.21. The van der Waals surface area contributed by atoms with Crippen LogP contribution in [0.4, 0.5) is 0 Å². The van der Waals surface area contributed by atoms with Crippen LogP contribution in [0, 0.1) is 5.92 Å². The molecule has 0 unspecified atom stereocenters. The average Bonchev–Trinajstić information content (AvgIpc) is 2.17. The molecule has 0 N–H and O–H groups in total. The van der Waals surface area contributed by atoms with Crippen molar-refractivity contribution in [3.63, 3.8) is 0 Å². The van der Waals surface area contributed by atoms with Gasteiger partial charge in [-0.05, 0) is 18.8 Å². The Balaban J connectivity index is 2.06. The van der Waals surface area contributed by atoms with Crippen molar-refractivity contribution in [3.05, 3.63) is 0 Å².